The second-order valence-corrected chi connectivity index (χ2v) is 11.5. The first kappa shape index (κ1) is 29.2. The molecule has 0 spiro atoms. The second kappa shape index (κ2) is 18.0. The van der Waals surface area contributed by atoms with Gasteiger partial charge in [0.05, 0.1) is 0 Å². The van der Waals surface area contributed by atoms with Gasteiger partial charge in [0.15, 0.2) is 0 Å². The van der Waals surface area contributed by atoms with E-state index in [1.54, 1.807) is 19.9 Å². The van der Waals surface area contributed by atoms with Crippen molar-refractivity contribution in [3.8, 4) is 11.5 Å². The third-order valence-electron chi connectivity index (χ3n) is 3.77. The van der Waals surface area contributed by atoms with Crippen molar-refractivity contribution in [2.75, 3.05) is 36.2 Å². The summed E-state index contributed by atoms with van der Waals surface area (Å²) in [5.41, 5.74) is 0.877. The standard InChI is InChI=1S/C18H30INO4.2C2H6/c1-6-20(5)19(4)10-8-9-11-24-15-12-14(3)17(16(21)13-15)18(22)23-7-2;2*1-2/h12-13,21H,6-11H2,1-5H3;2*1-2H3. The van der Waals surface area contributed by atoms with E-state index in [0.717, 1.165) is 19.4 Å². The number of phenols is 1. The third-order valence-corrected chi connectivity index (χ3v) is 9.58. The number of rotatable bonds is 10. The van der Waals surface area contributed by atoms with E-state index in [-0.39, 0.29) is 17.9 Å². The molecule has 1 aromatic carbocycles. The van der Waals surface area contributed by atoms with Crippen molar-refractivity contribution < 1.29 is 19.4 Å². The first-order valence-electron chi connectivity index (χ1n) is 10.3. The number of phenolic OH excluding ortho intramolecular Hbond substituents is 1. The van der Waals surface area contributed by atoms with E-state index in [0.29, 0.717) is 17.9 Å². The molecule has 0 heterocycles. The van der Waals surface area contributed by atoms with Crippen LogP contribution in [0, 0.1) is 6.92 Å². The number of hydrogen-bond acceptors (Lipinski definition) is 5. The molecule has 1 aromatic rings. The Hall–Kier alpha value is -1.02. The summed E-state index contributed by atoms with van der Waals surface area (Å²) in [5.74, 6) is 0.00394. The second-order valence-electron chi connectivity index (χ2n) is 5.58. The zero-order chi connectivity index (χ0) is 22.1. The van der Waals surface area contributed by atoms with Gasteiger partial charge in [-0.15, -0.1) is 0 Å². The maximum atomic E-state index is 11.8. The van der Waals surface area contributed by atoms with Gasteiger partial charge in [-0.1, -0.05) is 27.7 Å². The summed E-state index contributed by atoms with van der Waals surface area (Å²) in [4.78, 5) is 14.2. The summed E-state index contributed by atoms with van der Waals surface area (Å²) in [7, 11) is 2.21. The van der Waals surface area contributed by atoms with Crippen molar-refractivity contribution >= 4 is 26.1 Å². The molecule has 0 amide bonds. The van der Waals surface area contributed by atoms with E-state index >= 15 is 0 Å². The van der Waals surface area contributed by atoms with Crippen molar-refractivity contribution in [1.82, 2.24) is 3.11 Å². The molecule has 0 aliphatic carbocycles. The van der Waals surface area contributed by atoms with E-state index in [4.69, 9.17) is 9.47 Å². The molecule has 28 heavy (non-hydrogen) atoms. The average Bonchev–Trinajstić information content (AvgIpc) is 2.69. The van der Waals surface area contributed by atoms with Gasteiger partial charge in [-0.2, -0.15) is 0 Å². The fourth-order valence-electron chi connectivity index (χ4n) is 2.22. The number of unbranched alkanes of at least 4 members (excludes halogenated alkanes) is 1. The molecule has 1 N–H and O–H groups in total. The molecule has 0 saturated carbocycles. The molecular formula is C22H42INO4. The molecule has 0 aliphatic heterocycles. The summed E-state index contributed by atoms with van der Waals surface area (Å²) in [6, 6.07) is 3.26. The number of carbonyl (C=O) groups excluding carboxylic acids is 1. The van der Waals surface area contributed by atoms with Crippen LogP contribution in [-0.2, 0) is 4.74 Å². The Bertz CT molecular complexity index is 514. The molecule has 5 nitrogen and oxygen atoms in total. The van der Waals surface area contributed by atoms with Crippen LogP contribution >= 0.6 is 20.1 Å². The minimum atomic E-state index is -0.940. The van der Waals surface area contributed by atoms with E-state index in [9.17, 15) is 9.90 Å². The van der Waals surface area contributed by atoms with Crippen LogP contribution in [0.1, 0.15) is 70.3 Å². The van der Waals surface area contributed by atoms with E-state index in [1.807, 2.05) is 27.7 Å². The van der Waals surface area contributed by atoms with E-state index in [1.165, 1.54) is 10.5 Å². The van der Waals surface area contributed by atoms with E-state index < -0.39 is 26.1 Å². The molecule has 166 valence electrons. The molecule has 6 heteroatoms. The number of esters is 1. The van der Waals surface area contributed by atoms with Gasteiger partial charge in [-0.3, -0.25) is 0 Å². The molecule has 0 radical (unpaired) electrons. The normalized spacial score (nSPS) is 10.3. The summed E-state index contributed by atoms with van der Waals surface area (Å²) in [6.45, 7) is 15.7. The fraction of sp³-hybridized carbons (Fsp3) is 0.682. The van der Waals surface area contributed by atoms with Gasteiger partial charge in [-0.05, 0) is 6.92 Å². The SMILES string of the molecule is CC.CC.CCOC(=O)c1c(C)cc(OCCCCI(C)N(C)CC)cc1O. The van der Waals surface area contributed by atoms with Crippen LogP contribution in [0.3, 0.4) is 0 Å². The molecule has 0 fully saturated rings. The number of ether oxygens (including phenoxy) is 2. The molecule has 0 unspecified atom stereocenters. The Morgan fingerprint density at radius 1 is 1.14 bits per heavy atom. The number of carbonyl (C=O) groups is 1. The van der Waals surface area contributed by atoms with Crippen LogP contribution in [-0.4, -0.2) is 50.4 Å². The summed E-state index contributed by atoms with van der Waals surface area (Å²) < 4.78 is 14.5. The zero-order valence-electron chi connectivity index (χ0n) is 19.4. The molecule has 0 bridgehead atoms. The number of alkyl halides is 2. The van der Waals surface area contributed by atoms with Crippen molar-refractivity contribution in [3.05, 3.63) is 23.3 Å². The van der Waals surface area contributed by atoms with E-state index in [2.05, 4.69) is 22.0 Å². The maximum absolute atomic E-state index is 11.8. The van der Waals surface area contributed by atoms with Crippen molar-refractivity contribution in [1.29, 1.82) is 0 Å². The third kappa shape index (κ3) is 11.1. The molecule has 0 atom stereocenters. The van der Waals surface area contributed by atoms with Gasteiger partial charge in [-0.25, -0.2) is 0 Å². The summed E-state index contributed by atoms with van der Waals surface area (Å²) in [6.07, 6.45) is 2.16. The number of aryl methyl sites for hydroxylation is 1. The van der Waals surface area contributed by atoms with Gasteiger partial charge >= 0.3 is 146 Å². The topological polar surface area (TPSA) is 59.0 Å². The quantitative estimate of drug-likeness (QED) is 0.135. The predicted molar refractivity (Wildman–Crippen MR) is 129 cm³/mol. The van der Waals surface area contributed by atoms with Crippen LogP contribution in [0.25, 0.3) is 0 Å². The van der Waals surface area contributed by atoms with Crippen LogP contribution in [0.4, 0.5) is 0 Å². The number of aromatic hydroxyl groups is 1. The van der Waals surface area contributed by atoms with Crippen LogP contribution in [0.2, 0.25) is 0 Å². The van der Waals surface area contributed by atoms with Gasteiger partial charge in [0, 0.05) is 0 Å². The summed E-state index contributed by atoms with van der Waals surface area (Å²) >= 11 is -0.940. The molecule has 0 aromatic heterocycles. The van der Waals surface area contributed by atoms with Gasteiger partial charge in [0.2, 0.25) is 0 Å². The first-order valence-corrected chi connectivity index (χ1v) is 15.0. The fourth-order valence-corrected chi connectivity index (χ4v) is 5.85. The number of hydrogen-bond donors (Lipinski definition) is 1. The van der Waals surface area contributed by atoms with Crippen molar-refractivity contribution in [2.45, 2.75) is 61.3 Å². The Morgan fingerprint density at radius 3 is 2.25 bits per heavy atom. The first-order chi connectivity index (χ1) is 13.4. The van der Waals surface area contributed by atoms with Gasteiger partial charge in [0.1, 0.15) is 0 Å². The number of halogens is 1. The predicted octanol–water partition coefficient (Wildman–Crippen LogP) is 6.09. The van der Waals surface area contributed by atoms with Crippen molar-refractivity contribution in [2.24, 2.45) is 0 Å². The Balaban J connectivity index is 0. The minimum absolute atomic E-state index is 0.0880. The Morgan fingerprint density at radius 2 is 1.75 bits per heavy atom. The average molecular weight is 511 g/mol. The molecule has 0 aliphatic rings. The zero-order valence-corrected chi connectivity index (χ0v) is 21.6. The van der Waals surface area contributed by atoms with Crippen LogP contribution in [0.15, 0.2) is 12.1 Å². The molecular weight excluding hydrogens is 469 g/mol. The number of nitrogens with zero attached hydrogens (tertiary/aromatic N) is 1. The molecule has 1 rings (SSSR count). The van der Waals surface area contributed by atoms with Gasteiger partial charge < -0.3 is 0 Å². The van der Waals surface area contributed by atoms with Crippen LogP contribution in [0.5, 0.6) is 11.5 Å². The van der Waals surface area contributed by atoms with Gasteiger partial charge in [0.25, 0.3) is 0 Å². The number of benzene rings is 1. The van der Waals surface area contributed by atoms with Crippen molar-refractivity contribution in [3.63, 3.8) is 0 Å². The summed E-state index contributed by atoms with van der Waals surface area (Å²) in [5, 5.41) is 10.1. The van der Waals surface area contributed by atoms with Crippen LogP contribution < -0.4 is 4.74 Å². The monoisotopic (exact) mass is 511 g/mol. The molecule has 0 saturated heterocycles. The Labute approximate surface area is 180 Å². The Kier molecular flexibility index (Phi) is 18.8.